The molecule has 9 heteroatoms. The summed E-state index contributed by atoms with van der Waals surface area (Å²) in [5, 5.41) is 12.2. The number of aromatic nitrogens is 3. The van der Waals surface area contributed by atoms with Crippen LogP contribution >= 0.6 is 0 Å². The van der Waals surface area contributed by atoms with E-state index < -0.39 is 34.6 Å². The van der Waals surface area contributed by atoms with Crippen LogP contribution in [-0.2, 0) is 0 Å². The highest BCUT2D eigenvalue weighted by Gasteiger charge is 2.27. The van der Waals surface area contributed by atoms with Gasteiger partial charge in [-0.25, -0.2) is 36.9 Å². The number of hydrogen-bond donors (Lipinski definition) is 0. The van der Waals surface area contributed by atoms with E-state index >= 15 is 0 Å². The first-order chi connectivity index (χ1) is 23.9. The van der Waals surface area contributed by atoms with Gasteiger partial charge < -0.3 is 0 Å². The topological polar surface area (TPSA) is 62.5 Å². The van der Waals surface area contributed by atoms with Crippen molar-refractivity contribution in [2.45, 2.75) is 0 Å². The van der Waals surface area contributed by atoms with E-state index in [1.807, 2.05) is 72.8 Å². The zero-order valence-electron chi connectivity index (χ0n) is 25.1. The van der Waals surface area contributed by atoms with Gasteiger partial charge >= 0.3 is 0 Å². The molecule has 4 nitrogen and oxygen atoms in total. The molecule has 0 aliphatic heterocycles. The quantitative estimate of drug-likeness (QED) is 0.0823. The lowest BCUT2D eigenvalue weighted by molar-refractivity contribution is 0.381. The summed E-state index contributed by atoms with van der Waals surface area (Å²) in [6.45, 7) is 0. The second-order valence-electron chi connectivity index (χ2n) is 11.3. The molecule has 0 radical (unpaired) electrons. The Morgan fingerprint density at radius 2 is 0.980 bits per heavy atom. The van der Waals surface area contributed by atoms with Crippen molar-refractivity contribution in [1.82, 2.24) is 15.0 Å². The van der Waals surface area contributed by atoms with E-state index in [1.165, 1.54) is 18.2 Å². The van der Waals surface area contributed by atoms with Gasteiger partial charge in [0, 0.05) is 32.8 Å². The molecule has 0 saturated heterocycles. The third-order valence-electron chi connectivity index (χ3n) is 8.46. The van der Waals surface area contributed by atoms with Crippen LogP contribution in [0, 0.1) is 40.4 Å². The summed E-state index contributed by atoms with van der Waals surface area (Å²) < 4.78 is 72.1. The first-order valence-electron chi connectivity index (χ1n) is 15.1. The summed E-state index contributed by atoms with van der Waals surface area (Å²) in [7, 11) is 0. The van der Waals surface area contributed by atoms with Gasteiger partial charge in [0.2, 0.25) is 5.82 Å². The predicted molar refractivity (Wildman–Crippen MR) is 179 cm³/mol. The predicted octanol–water partition coefficient (Wildman–Crippen LogP) is 10.6. The molecule has 0 unspecified atom stereocenters. The molecule has 0 amide bonds. The van der Waals surface area contributed by atoms with Crippen LogP contribution < -0.4 is 0 Å². The minimum Gasteiger partial charge on any atom is -0.247 e. The smallest absolute Gasteiger partial charge is 0.200 e. The van der Waals surface area contributed by atoms with Crippen LogP contribution in [0.3, 0.4) is 0 Å². The lowest BCUT2D eigenvalue weighted by Crippen LogP contribution is -2.04. The van der Waals surface area contributed by atoms with Gasteiger partial charge in [0.1, 0.15) is 11.6 Å². The molecule has 2 heterocycles. The van der Waals surface area contributed by atoms with Crippen molar-refractivity contribution in [3.63, 3.8) is 0 Å². The number of nitrogens with zero attached hydrogens (tertiary/aromatic N) is 4. The minimum atomic E-state index is -2.24. The van der Waals surface area contributed by atoms with Crippen LogP contribution in [0.25, 0.3) is 77.6 Å². The van der Waals surface area contributed by atoms with Crippen molar-refractivity contribution < 1.29 is 22.0 Å². The summed E-state index contributed by atoms with van der Waals surface area (Å²) in [4.78, 5) is 15.1. The van der Waals surface area contributed by atoms with E-state index in [-0.39, 0.29) is 11.1 Å². The molecule has 6 aromatic carbocycles. The number of halogens is 5. The zero-order valence-corrected chi connectivity index (χ0v) is 25.1. The standard InChI is InChI=1S/C40H19F5N4/c41-31-29(32(42)34(44)35(45)33(31)43)23-14-9-15-24(18-23)36-27-19-25(20-46)39-40(30(27)26-16-7-8-17-28(26)47-36)49-38(22-12-5-2-6-13-22)37(48-39)21-10-3-1-4-11-21/h1-19H. The molecule has 0 aliphatic carbocycles. The van der Waals surface area contributed by atoms with Crippen molar-refractivity contribution in [3.8, 4) is 51.0 Å². The molecule has 0 aliphatic rings. The Morgan fingerprint density at radius 3 is 1.61 bits per heavy atom. The van der Waals surface area contributed by atoms with Gasteiger partial charge in [-0.1, -0.05) is 97.1 Å². The fraction of sp³-hybridized carbons (Fsp3) is 0. The average Bonchev–Trinajstić information content (AvgIpc) is 3.15. The summed E-state index contributed by atoms with van der Waals surface area (Å²) >= 11 is 0. The number of hydrogen-bond acceptors (Lipinski definition) is 4. The number of benzene rings is 6. The molecule has 49 heavy (non-hydrogen) atoms. The molecule has 0 atom stereocenters. The summed E-state index contributed by atoms with van der Waals surface area (Å²) in [6.07, 6.45) is 0. The van der Waals surface area contributed by atoms with Crippen molar-refractivity contribution >= 4 is 32.7 Å². The largest absolute Gasteiger partial charge is 0.247 e. The Morgan fingerprint density at radius 1 is 0.449 bits per heavy atom. The third kappa shape index (κ3) is 4.76. The normalized spacial score (nSPS) is 11.3. The Balaban J connectivity index is 1.48. The van der Waals surface area contributed by atoms with Gasteiger partial charge in [-0.15, -0.1) is 0 Å². The molecular formula is C40H19F5N4. The molecule has 0 spiro atoms. The van der Waals surface area contributed by atoms with Crippen LogP contribution in [0.2, 0.25) is 0 Å². The fourth-order valence-electron chi connectivity index (χ4n) is 6.21. The highest BCUT2D eigenvalue weighted by molar-refractivity contribution is 6.22. The van der Waals surface area contributed by atoms with Gasteiger partial charge in [0.15, 0.2) is 23.3 Å². The molecule has 0 saturated carbocycles. The van der Waals surface area contributed by atoms with E-state index in [1.54, 1.807) is 24.3 Å². The summed E-state index contributed by atoms with van der Waals surface area (Å²) in [5.41, 5.74) is 3.68. The van der Waals surface area contributed by atoms with Gasteiger partial charge in [0.05, 0.1) is 39.2 Å². The van der Waals surface area contributed by atoms with Gasteiger partial charge in [-0.3, -0.25) is 0 Å². The highest BCUT2D eigenvalue weighted by atomic mass is 19.2. The van der Waals surface area contributed by atoms with Crippen LogP contribution in [0.15, 0.2) is 115 Å². The minimum absolute atomic E-state index is 0.209. The Bertz CT molecular complexity index is 2640. The second kappa shape index (κ2) is 11.6. The third-order valence-corrected chi connectivity index (χ3v) is 8.46. The van der Waals surface area contributed by atoms with Crippen LogP contribution in [0.5, 0.6) is 0 Å². The van der Waals surface area contributed by atoms with E-state index in [4.69, 9.17) is 15.0 Å². The maximum Gasteiger partial charge on any atom is 0.200 e. The lowest BCUT2D eigenvalue weighted by atomic mass is 9.94. The number of pyridine rings is 1. The SMILES string of the molecule is N#Cc1cc2c(-c3cccc(-c4c(F)c(F)c(F)c(F)c4F)c3)nc3ccccc3c2c2nc(-c3ccccc3)c(-c3ccccc3)nc12. The second-order valence-corrected chi connectivity index (χ2v) is 11.3. The first-order valence-corrected chi connectivity index (χ1v) is 15.1. The summed E-state index contributed by atoms with van der Waals surface area (Å²) in [5.74, 6) is -10.2. The van der Waals surface area contributed by atoms with Crippen LogP contribution in [0.1, 0.15) is 5.56 Å². The maximum atomic E-state index is 14.9. The maximum absolute atomic E-state index is 14.9. The lowest BCUT2D eigenvalue weighted by Gasteiger charge is -2.16. The van der Waals surface area contributed by atoms with Gasteiger partial charge in [-0.05, 0) is 23.8 Å². The Labute approximate surface area is 275 Å². The molecule has 0 fully saturated rings. The molecule has 8 aromatic rings. The molecule has 8 rings (SSSR count). The molecule has 0 N–H and O–H groups in total. The monoisotopic (exact) mass is 650 g/mol. The number of fused-ring (bicyclic) bond motifs is 5. The highest BCUT2D eigenvalue weighted by Crippen LogP contribution is 2.41. The Hall–Kier alpha value is -6.53. The number of rotatable bonds is 4. The van der Waals surface area contributed by atoms with Gasteiger partial charge in [0.25, 0.3) is 0 Å². The van der Waals surface area contributed by atoms with E-state index in [0.717, 1.165) is 11.1 Å². The van der Waals surface area contributed by atoms with E-state index in [2.05, 4.69) is 6.07 Å². The Kier molecular flexibility index (Phi) is 7.07. The molecule has 0 bridgehead atoms. The first kappa shape index (κ1) is 29.8. The van der Waals surface area contributed by atoms with Crippen LogP contribution in [-0.4, -0.2) is 15.0 Å². The van der Waals surface area contributed by atoms with Crippen LogP contribution in [0.4, 0.5) is 22.0 Å². The van der Waals surface area contributed by atoms with E-state index in [9.17, 15) is 27.2 Å². The molecular weight excluding hydrogens is 631 g/mol. The van der Waals surface area contributed by atoms with Crippen molar-refractivity contribution in [2.75, 3.05) is 0 Å². The average molecular weight is 651 g/mol. The fourth-order valence-corrected chi connectivity index (χ4v) is 6.21. The molecule has 234 valence electrons. The number of nitriles is 1. The zero-order chi connectivity index (χ0) is 33.8. The number of para-hydroxylation sites is 1. The van der Waals surface area contributed by atoms with E-state index in [0.29, 0.717) is 55.4 Å². The molecule has 2 aromatic heterocycles. The van der Waals surface area contributed by atoms with Crippen molar-refractivity contribution in [1.29, 1.82) is 5.26 Å². The van der Waals surface area contributed by atoms with Crippen molar-refractivity contribution in [2.24, 2.45) is 0 Å². The van der Waals surface area contributed by atoms with Gasteiger partial charge in [-0.2, -0.15) is 5.26 Å². The summed E-state index contributed by atoms with van der Waals surface area (Å²) in [6, 6.07) is 35.9. The van der Waals surface area contributed by atoms with Crippen molar-refractivity contribution in [3.05, 3.63) is 150 Å².